The summed E-state index contributed by atoms with van der Waals surface area (Å²) in [6, 6.07) is 13.8. The predicted octanol–water partition coefficient (Wildman–Crippen LogP) is 2.77. The molecule has 0 bridgehead atoms. The first-order valence-electron chi connectivity index (χ1n) is 9.65. The molecule has 7 heteroatoms. The Bertz CT molecular complexity index is 947. The lowest BCUT2D eigenvalue weighted by Crippen LogP contribution is -2.43. The highest BCUT2D eigenvalue weighted by molar-refractivity contribution is 5.82. The molecule has 3 atom stereocenters. The average Bonchev–Trinajstić information content (AvgIpc) is 2.73. The van der Waals surface area contributed by atoms with Gasteiger partial charge in [0.1, 0.15) is 0 Å². The minimum absolute atomic E-state index is 0.513. The monoisotopic (exact) mass is 424 g/mol. The first-order chi connectivity index (χ1) is 14.5. The van der Waals surface area contributed by atoms with Gasteiger partial charge in [0.15, 0.2) is 17.6 Å². The van der Waals surface area contributed by atoms with Crippen LogP contribution < -0.4 is 11.5 Å². The molecule has 0 saturated heterocycles. The molecule has 2 aromatic carbocycles. The number of aliphatic hydroxyl groups is 1. The lowest BCUT2D eigenvalue weighted by Gasteiger charge is -2.28. The van der Waals surface area contributed by atoms with Gasteiger partial charge in [-0.1, -0.05) is 73.8 Å². The van der Waals surface area contributed by atoms with Crippen LogP contribution in [0.5, 0.6) is 0 Å². The molecule has 0 aliphatic rings. The molecule has 5 N–H and O–H groups in total. The average molecular weight is 424 g/mol. The van der Waals surface area contributed by atoms with Crippen molar-refractivity contribution in [3.63, 3.8) is 0 Å². The van der Waals surface area contributed by atoms with Crippen LogP contribution in [-0.4, -0.2) is 23.1 Å². The molecule has 0 aliphatic carbocycles. The fraction of sp³-hybridized carbons (Fsp3) is 0.250. The summed E-state index contributed by atoms with van der Waals surface area (Å²) in [5.41, 5.74) is 12.0. The zero-order valence-electron chi connectivity index (χ0n) is 17.7. The van der Waals surface area contributed by atoms with Crippen molar-refractivity contribution in [2.75, 3.05) is 0 Å². The molecule has 0 aromatic heterocycles. The number of aliphatic hydroxyl groups excluding tert-OH is 1. The lowest BCUT2D eigenvalue weighted by molar-refractivity contribution is -0.176. The summed E-state index contributed by atoms with van der Waals surface area (Å²) < 4.78 is 10.5. The zero-order chi connectivity index (χ0) is 23.2. The van der Waals surface area contributed by atoms with Gasteiger partial charge in [-0.2, -0.15) is 0 Å². The van der Waals surface area contributed by atoms with Crippen molar-refractivity contribution < 1.29 is 24.2 Å². The standard InChI is InChI=1S/C24H28N2O5/c1-5-16-7-11-18(12-8-16)23(3,25)30-21(28)15-20(27)22(29)31-24(4,26)19-13-9-17(6-2)10-14-19/h5-14,20,27H,1-2,15,25-26H2,3-4H3/t20?,23-,24-/m1/s1. The number of rotatable bonds is 9. The molecule has 0 spiro atoms. The van der Waals surface area contributed by atoms with Crippen LogP contribution in [0.3, 0.4) is 0 Å². The molecule has 0 heterocycles. The Kier molecular flexibility index (Phi) is 7.51. The van der Waals surface area contributed by atoms with Crippen LogP contribution >= 0.6 is 0 Å². The molecule has 0 amide bonds. The van der Waals surface area contributed by atoms with Crippen molar-refractivity contribution >= 4 is 24.1 Å². The van der Waals surface area contributed by atoms with Gasteiger partial charge in [0.2, 0.25) is 0 Å². The molecule has 2 rings (SSSR count). The molecular weight excluding hydrogens is 396 g/mol. The van der Waals surface area contributed by atoms with E-state index >= 15 is 0 Å². The number of carbonyl (C=O) groups is 2. The minimum Gasteiger partial charge on any atom is -0.440 e. The summed E-state index contributed by atoms with van der Waals surface area (Å²) in [5.74, 6) is -1.92. The van der Waals surface area contributed by atoms with Gasteiger partial charge < -0.3 is 14.6 Å². The van der Waals surface area contributed by atoms with E-state index in [2.05, 4.69) is 13.2 Å². The highest BCUT2D eigenvalue weighted by atomic mass is 16.6. The Morgan fingerprint density at radius 3 is 1.68 bits per heavy atom. The topological polar surface area (TPSA) is 125 Å². The number of benzene rings is 2. The van der Waals surface area contributed by atoms with Crippen LogP contribution in [0.25, 0.3) is 12.2 Å². The predicted molar refractivity (Wildman–Crippen MR) is 119 cm³/mol. The van der Waals surface area contributed by atoms with Crippen LogP contribution in [0.4, 0.5) is 0 Å². The molecular formula is C24H28N2O5. The van der Waals surface area contributed by atoms with Gasteiger partial charge >= 0.3 is 11.9 Å². The maximum absolute atomic E-state index is 12.3. The Labute approximate surface area is 182 Å². The molecule has 0 radical (unpaired) electrons. The largest absolute Gasteiger partial charge is 0.440 e. The third-order valence-corrected chi connectivity index (χ3v) is 4.71. The summed E-state index contributed by atoms with van der Waals surface area (Å²) in [5, 5.41) is 10.1. The third kappa shape index (κ3) is 6.36. The number of nitrogens with two attached hydrogens (primary N) is 2. The molecule has 7 nitrogen and oxygen atoms in total. The molecule has 164 valence electrons. The van der Waals surface area contributed by atoms with Crippen molar-refractivity contribution in [2.24, 2.45) is 11.5 Å². The second kappa shape index (κ2) is 9.70. The van der Waals surface area contributed by atoms with Crippen LogP contribution in [0.2, 0.25) is 0 Å². The van der Waals surface area contributed by atoms with Gasteiger partial charge in [0, 0.05) is 11.1 Å². The quantitative estimate of drug-likeness (QED) is 0.417. The second-order valence-corrected chi connectivity index (χ2v) is 7.48. The Morgan fingerprint density at radius 1 is 0.903 bits per heavy atom. The van der Waals surface area contributed by atoms with Gasteiger partial charge in [0.25, 0.3) is 0 Å². The van der Waals surface area contributed by atoms with Crippen molar-refractivity contribution in [3.05, 3.63) is 83.9 Å². The minimum atomic E-state index is -1.76. The highest BCUT2D eigenvalue weighted by Gasteiger charge is 2.33. The zero-order valence-corrected chi connectivity index (χ0v) is 17.7. The number of carbonyl (C=O) groups excluding carboxylic acids is 2. The Balaban J connectivity index is 1.98. The van der Waals surface area contributed by atoms with Crippen molar-refractivity contribution in [3.8, 4) is 0 Å². The summed E-state index contributed by atoms with van der Waals surface area (Å²) in [6.07, 6.45) is 0.937. The number of esters is 2. The van der Waals surface area contributed by atoms with E-state index in [9.17, 15) is 14.7 Å². The first kappa shape index (κ1) is 24.0. The Hall–Kier alpha value is -3.26. The fourth-order valence-electron chi connectivity index (χ4n) is 2.81. The summed E-state index contributed by atoms with van der Waals surface area (Å²) in [7, 11) is 0. The maximum atomic E-state index is 12.3. The van der Waals surface area contributed by atoms with Crippen LogP contribution in [0.1, 0.15) is 42.5 Å². The maximum Gasteiger partial charge on any atom is 0.337 e. The van der Waals surface area contributed by atoms with E-state index in [4.69, 9.17) is 20.9 Å². The van der Waals surface area contributed by atoms with E-state index in [1.807, 2.05) is 0 Å². The fourth-order valence-corrected chi connectivity index (χ4v) is 2.81. The van der Waals surface area contributed by atoms with Gasteiger partial charge in [-0.25, -0.2) is 4.79 Å². The lowest BCUT2D eigenvalue weighted by atomic mass is 10.0. The van der Waals surface area contributed by atoms with Crippen molar-refractivity contribution in [2.45, 2.75) is 37.8 Å². The van der Waals surface area contributed by atoms with Crippen molar-refractivity contribution in [1.82, 2.24) is 0 Å². The number of ether oxygens (including phenoxy) is 2. The van der Waals surface area contributed by atoms with Crippen LogP contribution in [0.15, 0.2) is 61.7 Å². The van der Waals surface area contributed by atoms with E-state index in [1.165, 1.54) is 13.8 Å². The van der Waals surface area contributed by atoms with E-state index in [-0.39, 0.29) is 0 Å². The summed E-state index contributed by atoms with van der Waals surface area (Å²) >= 11 is 0. The summed E-state index contributed by atoms with van der Waals surface area (Å²) in [4.78, 5) is 24.5. The number of hydrogen-bond donors (Lipinski definition) is 3. The highest BCUT2D eigenvalue weighted by Crippen LogP contribution is 2.23. The first-order valence-corrected chi connectivity index (χ1v) is 9.65. The molecule has 0 saturated carbocycles. The SMILES string of the molecule is C=Cc1ccc([C@](C)(N)OC(=O)CC(O)C(=O)O[C@@](C)(N)c2ccc(C=C)cc2)cc1. The van der Waals surface area contributed by atoms with Gasteiger partial charge in [-0.3, -0.25) is 16.3 Å². The third-order valence-electron chi connectivity index (χ3n) is 4.71. The van der Waals surface area contributed by atoms with E-state index in [0.717, 1.165) is 11.1 Å². The van der Waals surface area contributed by atoms with E-state index < -0.39 is 35.9 Å². The molecule has 31 heavy (non-hydrogen) atoms. The molecule has 0 aliphatic heterocycles. The Morgan fingerprint density at radius 2 is 1.29 bits per heavy atom. The van der Waals surface area contributed by atoms with Gasteiger partial charge in [-0.05, 0) is 25.0 Å². The van der Waals surface area contributed by atoms with Crippen molar-refractivity contribution in [1.29, 1.82) is 0 Å². The normalized spacial score (nSPS) is 15.6. The van der Waals surface area contributed by atoms with Gasteiger partial charge in [0.05, 0.1) is 6.42 Å². The number of hydrogen-bond acceptors (Lipinski definition) is 7. The summed E-state index contributed by atoms with van der Waals surface area (Å²) in [6.45, 7) is 10.3. The smallest absolute Gasteiger partial charge is 0.337 e. The van der Waals surface area contributed by atoms with Crippen LogP contribution in [-0.2, 0) is 30.5 Å². The van der Waals surface area contributed by atoms with E-state index in [0.29, 0.717) is 11.1 Å². The molecule has 1 unspecified atom stereocenters. The molecule has 0 fully saturated rings. The van der Waals surface area contributed by atoms with Gasteiger partial charge in [-0.15, -0.1) is 0 Å². The molecule has 2 aromatic rings. The second-order valence-electron chi connectivity index (χ2n) is 7.48. The van der Waals surface area contributed by atoms with E-state index in [1.54, 1.807) is 60.7 Å². The van der Waals surface area contributed by atoms with Crippen LogP contribution in [0, 0.1) is 0 Å².